The quantitative estimate of drug-likeness (QED) is 0.749. The molecule has 0 aromatic heterocycles. The van der Waals surface area contributed by atoms with Gasteiger partial charge in [0.2, 0.25) is 5.91 Å². The van der Waals surface area contributed by atoms with Crippen molar-refractivity contribution in [2.75, 3.05) is 12.4 Å². The van der Waals surface area contributed by atoms with E-state index in [1.54, 1.807) is 11.8 Å². The molecular weight excluding hydrogens is 306 g/mol. The average molecular weight is 330 g/mol. The van der Waals surface area contributed by atoms with E-state index in [1.807, 2.05) is 24.3 Å². The summed E-state index contributed by atoms with van der Waals surface area (Å²) in [6.45, 7) is 6.26. The Morgan fingerprint density at radius 1 is 1.38 bits per heavy atom. The van der Waals surface area contributed by atoms with Crippen LogP contribution in [0.2, 0.25) is 5.02 Å². The molecule has 1 atom stereocenters. The lowest BCUT2D eigenvalue weighted by Crippen LogP contribution is -2.44. The molecule has 1 aromatic carbocycles. The van der Waals surface area contributed by atoms with E-state index >= 15 is 0 Å². The van der Waals surface area contributed by atoms with E-state index in [2.05, 4.69) is 26.1 Å². The predicted octanol–water partition coefficient (Wildman–Crippen LogP) is 3.74. The molecule has 1 unspecified atom stereocenters. The molecule has 0 spiro atoms. The first kappa shape index (κ1) is 18.3. The van der Waals surface area contributed by atoms with Gasteiger partial charge < -0.3 is 10.4 Å². The van der Waals surface area contributed by atoms with Gasteiger partial charge in [0.25, 0.3) is 0 Å². The Labute approximate surface area is 136 Å². The van der Waals surface area contributed by atoms with Crippen LogP contribution in [0.25, 0.3) is 0 Å². The van der Waals surface area contributed by atoms with Crippen LogP contribution in [0.5, 0.6) is 0 Å². The van der Waals surface area contributed by atoms with Gasteiger partial charge in [-0.3, -0.25) is 4.79 Å². The molecule has 0 heterocycles. The number of carbonyl (C=O) groups excluding carboxylic acids is 1. The summed E-state index contributed by atoms with van der Waals surface area (Å²) in [5.74, 6) is 0.703. The molecule has 0 saturated carbocycles. The molecule has 1 rings (SSSR count). The zero-order valence-electron chi connectivity index (χ0n) is 12.9. The van der Waals surface area contributed by atoms with Crippen LogP contribution in [0.15, 0.2) is 29.2 Å². The summed E-state index contributed by atoms with van der Waals surface area (Å²) in [6, 6.07) is 7.61. The maximum atomic E-state index is 12.0. The number of benzene rings is 1. The third-order valence-corrected chi connectivity index (χ3v) is 4.74. The second kappa shape index (κ2) is 8.66. The molecule has 2 N–H and O–H groups in total. The van der Waals surface area contributed by atoms with Crippen molar-refractivity contribution < 1.29 is 9.90 Å². The fourth-order valence-corrected chi connectivity index (χ4v) is 3.12. The molecule has 3 nitrogen and oxygen atoms in total. The Kier molecular flexibility index (Phi) is 7.57. The third-order valence-electron chi connectivity index (χ3n) is 3.22. The van der Waals surface area contributed by atoms with Crippen LogP contribution in [0.3, 0.4) is 0 Å². The second-order valence-corrected chi connectivity index (χ2v) is 7.57. The largest absolute Gasteiger partial charge is 0.396 e. The minimum atomic E-state index is -0.0612. The van der Waals surface area contributed by atoms with Crippen LogP contribution in [0, 0.1) is 5.41 Å². The number of thioether (sulfide) groups is 1. The van der Waals surface area contributed by atoms with Gasteiger partial charge in [-0.05, 0) is 24.0 Å². The maximum absolute atomic E-state index is 12.0. The number of aliphatic hydroxyl groups excluding tert-OH is 1. The van der Waals surface area contributed by atoms with Crippen LogP contribution in [-0.2, 0) is 4.79 Å². The van der Waals surface area contributed by atoms with Crippen molar-refractivity contribution in [1.82, 2.24) is 5.32 Å². The summed E-state index contributed by atoms with van der Waals surface area (Å²) in [6.07, 6.45) is 1.01. The average Bonchev–Trinajstić information content (AvgIpc) is 2.39. The predicted molar refractivity (Wildman–Crippen MR) is 89.9 cm³/mol. The fraction of sp³-hybridized carbons (Fsp3) is 0.562. The van der Waals surface area contributed by atoms with Gasteiger partial charge in [0.1, 0.15) is 0 Å². The lowest BCUT2D eigenvalue weighted by Gasteiger charge is -2.31. The lowest BCUT2D eigenvalue weighted by atomic mass is 9.85. The highest BCUT2D eigenvalue weighted by Gasteiger charge is 2.25. The Hall–Kier alpha value is -0.710. The normalized spacial score (nSPS) is 13.0. The molecule has 0 radical (unpaired) electrons. The summed E-state index contributed by atoms with van der Waals surface area (Å²) in [7, 11) is 0. The van der Waals surface area contributed by atoms with Gasteiger partial charge in [-0.2, -0.15) is 0 Å². The van der Waals surface area contributed by atoms with Gasteiger partial charge in [0.15, 0.2) is 0 Å². The van der Waals surface area contributed by atoms with E-state index in [-0.39, 0.29) is 24.0 Å². The lowest BCUT2D eigenvalue weighted by molar-refractivity contribution is -0.122. The maximum Gasteiger partial charge on any atom is 0.221 e. The number of amides is 1. The summed E-state index contributed by atoms with van der Waals surface area (Å²) in [4.78, 5) is 13.0. The van der Waals surface area contributed by atoms with Gasteiger partial charge in [0, 0.05) is 29.7 Å². The number of carbonyl (C=O) groups is 1. The van der Waals surface area contributed by atoms with E-state index in [4.69, 9.17) is 16.7 Å². The summed E-state index contributed by atoms with van der Waals surface area (Å²) < 4.78 is 0. The standard InChI is InChI=1S/C16H24ClNO2S/c1-16(2,3)14(8-10-19)18-15(20)9-11-21-13-7-5-4-6-12(13)17/h4-7,14,19H,8-11H2,1-3H3,(H,18,20). The second-order valence-electron chi connectivity index (χ2n) is 6.03. The van der Waals surface area contributed by atoms with Crippen LogP contribution in [0.4, 0.5) is 0 Å². The van der Waals surface area contributed by atoms with Crippen LogP contribution < -0.4 is 5.32 Å². The number of halogens is 1. The number of nitrogens with one attached hydrogen (secondary N) is 1. The van der Waals surface area contributed by atoms with Gasteiger partial charge in [-0.15, -0.1) is 11.8 Å². The number of aliphatic hydroxyl groups is 1. The molecule has 0 bridgehead atoms. The molecule has 0 saturated heterocycles. The Morgan fingerprint density at radius 3 is 2.62 bits per heavy atom. The first-order valence-electron chi connectivity index (χ1n) is 7.12. The molecule has 1 aromatic rings. The topological polar surface area (TPSA) is 49.3 Å². The van der Waals surface area contributed by atoms with Gasteiger partial charge >= 0.3 is 0 Å². The monoisotopic (exact) mass is 329 g/mol. The van der Waals surface area contributed by atoms with E-state index in [0.29, 0.717) is 18.6 Å². The molecule has 5 heteroatoms. The van der Waals surface area contributed by atoms with Crippen LogP contribution in [0.1, 0.15) is 33.6 Å². The molecule has 0 aliphatic carbocycles. The molecule has 0 fully saturated rings. The highest BCUT2D eigenvalue weighted by molar-refractivity contribution is 7.99. The SMILES string of the molecule is CC(C)(C)C(CCO)NC(=O)CCSc1ccccc1Cl. The first-order valence-corrected chi connectivity index (χ1v) is 8.48. The fourth-order valence-electron chi connectivity index (χ4n) is 1.93. The highest BCUT2D eigenvalue weighted by Crippen LogP contribution is 2.27. The minimum absolute atomic E-state index is 0.0136. The van der Waals surface area contributed by atoms with E-state index < -0.39 is 0 Å². The Morgan fingerprint density at radius 2 is 2.05 bits per heavy atom. The van der Waals surface area contributed by atoms with E-state index in [0.717, 1.165) is 9.92 Å². The van der Waals surface area contributed by atoms with Gasteiger partial charge in [-0.25, -0.2) is 0 Å². The van der Waals surface area contributed by atoms with Crippen molar-refractivity contribution in [1.29, 1.82) is 0 Å². The molecule has 1 amide bonds. The number of hydrogen-bond donors (Lipinski definition) is 2. The molecule has 0 aliphatic rings. The van der Waals surface area contributed by atoms with E-state index in [9.17, 15) is 4.79 Å². The van der Waals surface area contributed by atoms with Crippen molar-refractivity contribution in [2.24, 2.45) is 5.41 Å². The van der Waals surface area contributed by atoms with Crippen molar-refractivity contribution in [2.45, 2.75) is 44.6 Å². The van der Waals surface area contributed by atoms with Crippen LogP contribution in [-0.4, -0.2) is 29.4 Å². The molecular formula is C16H24ClNO2S. The first-order chi connectivity index (χ1) is 9.84. The smallest absolute Gasteiger partial charge is 0.221 e. The van der Waals surface area contributed by atoms with Gasteiger partial charge in [-0.1, -0.05) is 44.5 Å². The minimum Gasteiger partial charge on any atom is -0.396 e. The highest BCUT2D eigenvalue weighted by atomic mass is 35.5. The Bertz CT molecular complexity index is 460. The summed E-state index contributed by atoms with van der Waals surface area (Å²) in [5.41, 5.74) is -0.0612. The number of rotatable bonds is 7. The van der Waals surface area contributed by atoms with Crippen molar-refractivity contribution in [3.63, 3.8) is 0 Å². The van der Waals surface area contributed by atoms with Crippen molar-refractivity contribution >= 4 is 29.3 Å². The molecule has 0 aliphatic heterocycles. The zero-order chi connectivity index (χ0) is 15.9. The van der Waals surface area contributed by atoms with Crippen molar-refractivity contribution in [3.05, 3.63) is 29.3 Å². The molecule has 21 heavy (non-hydrogen) atoms. The molecule has 118 valence electrons. The van der Waals surface area contributed by atoms with E-state index in [1.165, 1.54) is 0 Å². The third kappa shape index (κ3) is 6.72. The van der Waals surface area contributed by atoms with Gasteiger partial charge in [0.05, 0.1) is 5.02 Å². The van der Waals surface area contributed by atoms with Crippen LogP contribution >= 0.6 is 23.4 Å². The number of hydrogen-bond acceptors (Lipinski definition) is 3. The summed E-state index contributed by atoms with van der Waals surface area (Å²) >= 11 is 7.66. The Balaban J connectivity index is 2.41. The van der Waals surface area contributed by atoms with Crippen molar-refractivity contribution in [3.8, 4) is 0 Å². The zero-order valence-corrected chi connectivity index (χ0v) is 14.4. The summed E-state index contributed by atoms with van der Waals surface area (Å²) in [5, 5.41) is 12.8.